The second-order valence-corrected chi connectivity index (χ2v) is 8.60. The number of rotatable bonds is 5. The number of amides is 2. The molecule has 142 valence electrons. The SMILES string of the molecule is O=C(NCc1ccc(Cl)cc1)C(=O)NCC1CCN(C2CCSC2)CC1. The van der Waals surface area contributed by atoms with Gasteiger partial charge in [-0.3, -0.25) is 14.5 Å². The summed E-state index contributed by atoms with van der Waals surface area (Å²) in [5.41, 5.74) is 0.910. The Labute approximate surface area is 164 Å². The quantitative estimate of drug-likeness (QED) is 0.751. The molecule has 2 aliphatic heterocycles. The minimum atomic E-state index is -0.583. The van der Waals surface area contributed by atoms with Crippen molar-refractivity contribution in [2.24, 2.45) is 5.92 Å². The van der Waals surface area contributed by atoms with Gasteiger partial charge in [-0.2, -0.15) is 11.8 Å². The average molecular weight is 396 g/mol. The van der Waals surface area contributed by atoms with Gasteiger partial charge in [-0.1, -0.05) is 23.7 Å². The number of likely N-dealkylation sites (tertiary alicyclic amines) is 1. The van der Waals surface area contributed by atoms with Crippen LogP contribution in [-0.2, 0) is 16.1 Å². The lowest BCUT2D eigenvalue weighted by molar-refractivity contribution is -0.139. The van der Waals surface area contributed by atoms with E-state index < -0.39 is 11.8 Å². The van der Waals surface area contributed by atoms with E-state index in [0.717, 1.165) is 37.5 Å². The normalized spacial score (nSPS) is 21.5. The molecule has 3 rings (SSSR count). The highest BCUT2D eigenvalue weighted by atomic mass is 35.5. The first-order chi connectivity index (χ1) is 12.6. The second kappa shape index (κ2) is 9.62. The van der Waals surface area contributed by atoms with E-state index in [4.69, 9.17) is 11.6 Å². The molecule has 2 N–H and O–H groups in total. The molecule has 0 aromatic heterocycles. The smallest absolute Gasteiger partial charge is 0.309 e. The van der Waals surface area contributed by atoms with E-state index in [1.54, 1.807) is 12.1 Å². The number of piperidine rings is 1. The van der Waals surface area contributed by atoms with Gasteiger partial charge in [0.15, 0.2) is 0 Å². The zero-order valence-corrected chi connectivity index (χ0v) is 16.5. The number of hydrogen-bond acceptors (Lipinski definition) is 4. The summed E-state index contributed by atoms with van der Waals surface area (Å²) in [6.45, 7) is 3.12. The minimum Gasteiger partial charge on any atom is -0.348 e. The lowest BCUT2D eigenvalue weighted by atomic mass is 9.95. The third-order valence-corrected chi connectivity index (χ3v) is 6.59. The van der Waals surface area contributed by atoms with Gasteiger partial charge in [0.05, 0.1) is 0 Å². The summed E-state index contributed by atoms with van der Waals surface area (Å²) in [6.07, 6.45) is 3.49. The molecule has 0 radical (unpaired) electrons. The molecular formula is C19H26ClN3O2S. The van der Waals surface area contributed by atoms with Crippen LogP contribution in [-0.4, -0.2) is 53.9 Å². The van der Waals surface area contributed by atoms with Crippen molar-refractivity contribution in [2.45, 2.75) is 31.8 Å². The molecule has 1 aromatic rings. The molecule has 2 amide bonds. The summed E-state index contributed by atoms with van der Waals surface area (Å²) < 4.78 is 0. The highest BCUT2D eigenvalue weighted by Gasteiger charge is 2.27. The summed E-state index contributed by atoms with van der Waals surface area (Å²) in [7, 11) is 0. The van der Waals surface area contributed by atoms with E-state index in [9.17, 15) is 9.59 Å². The van der Waals surface area contributed by atoms with Crippen molar-refractivity contribution < 1.29 is 9.59 Å². The largest absolute Gasteiger partial charge is 0.348 e. The summed E-state index contributed by atoms with van der Waals surface area (Å²) in [6, 6.07) is 7.93. The van der Waals surface area contributed by atoms with Crippen LogP contribution >= 0.6 is 23.4 Å². The van der Waals surface area contributed by atoms with Crippen molar-refractivity contribution in [1.29, 1.82) is 0 Å². The van der Waals surface area contributed by atoms with E-state index in [1.165, 1.54) is 17.9 Å². The van der Waals surface area contributed by atoms with Crippen molar-refractivity contribution in [3.05, 3.63) is 34.9 Å². The fraction of sp³-hybridized carbons (Fsp3) is 0.579. The van der Waals surface area contributed by atoms with Gasteiger partial charge in [0.1, 0.15) is 0 Å². The zero-order valence-electron chi connectivity index (χ0n) is 14.9. The number of carbonyl (C=O) groups excluding carboxylic acids is 2. The van der Waals surface area contributed by atoms with E-state index in [2.05, 4.69) is 15.5 Å². The molecule has 0 aliphatic carbocycles. The first-order valence-electron chi connectivity index (χ1n) is 9.24. The second-order valence-electron chi connectivity index (χ2n) is 7.02. The number of hydrogen-bond donors (Lipinski definition) is 2. The van der Waals surface area contributed by atoms with Crippen LogP contribution in [0.3, 0.4) is 0 Å². The van der Waals surface area contributed by atoms with Gasteiger partial charge >= 0.3 is 11.8 Å². The molecule has 2 fully saturated rings. The molecule has 2 heterocycles. The Bertz CT molecular complexity index is 612. The van der Waals surface area contributed by atoms with Gasteiger partial charge in [-0.25, -0.2) is 0 Å². The van der Waals surface area contributed by atoms with Gasteiger partial charge in [0.25, 0.3) is 0 Å². The van der Waals surface area contributed by atoms with Crippen LogP contribution in [0.25, 0.3) is 0 Å². The molecule has 2 aliphatic rings. The molecule has 5 nitrogen and oxygen atoms in total. The topological polar surface area (TPSA) is 61.4 Å². The molecule has 1 atom stereocenters. The van der Waals surface area contributed by atoms with E-state index >= 15 is 0 Å². The molecule has 0 spiro atoms. The Balaban J connectivity index is 1.33. The fourth-order valence-corrected chi connectivity index (χ4v) is 4.90. The third-order valence-electron chi connectivity index (χ3n) is 5.20. The van der Waals surface area contributed by atoms with Gasteiger partial charge in [-0.15, -0.1) is 0 Å². The molecule has 7 heteroatoms. The van der Waals surface area contributed by atoms with Crippen molar-refractivity contribution in [3.63, 3.8) is 0 Å². The van der Waals surface area contributed by atoms with Crippen molar-refractivity contribution in [3.8, 4) is 0 Å². The van der Waals surface area contributed by atoms with Crippen LogP contribution in [0.1, 0.15) is 24.8 Å². The number of thioether (sulfide) groups is 1. The molecular weight excluding hydrogens is 370 g/mol. The Kier molecular flexibility index (Phi) is 7.23. The molecule has 0 saturated carbocycles. The highest BCUT2D eigenvalue weighted by molar-refractivity contribution is 7.99. The monoisotopic (exact) mass is 395 g/mol. The molecule has 2 saturated heterocycles. The molecule has 26 heavy (non-hydrogen) atoms. The van der Waals surface area contributed by atoms with Gasteiger partial charge < -0.3 is 10.6 Å². The number of halogens is 1. The summed E-state index contributed by atoms with van der Waals surface area (Å²) in [5, 5.41) is 6.08. The number of nitrogens with one attached hydrogen (secondary N) is 2. The van der Waals surface area contributed by atoms with Crippen molar-refractivity contribution in [1.82, 2.24) is 15.5 Å². The number of benzene rings is 1. The van der Waals surface area contributed by atoms with Crippen LogP contribution in [0.2, 0.25) is 5.02 Å². The van der Waals surface area contributed by atoms with E-state index in [-0.39, 0.29) is 0 Å². The number of carbonyl (C=O) groups is 2. The van der Waals surface area contributed by atoms with Crippen molar-refractivity contribution >= 4 is 35.2 Å². The Morgan fingerprint density at radius 1 is 1.08 bits per heavy atom. The van der Waals surface area contributed by atoms with E-state index in [0.29, 0.717) is 24.0 Å². The summed E-state index contributed by atoms with van der Waals surface area (Å²) in [5.74, 6) is 1.88. The van der Waals surface area contributed by atoms with Crippen LogP contribution in [0.15, 0.2) is 24.3 Å². The minimum absolute atomic E-state index is 0.321. The Morgan fingerprint density at radius 2 is 1.77 bits per heavy atom. The maximum absolute atomic E-state index is 12.0. The average Bonchev–Trinajstić information content (AvgIpc) is 3.20. The zero-order chi connectivity index (χ0) is 18.4. The molecule has 1 unspecified atom stereocenters. The van der Waals surface area contributed by atoms with Gasteiger partial charge in [0, 0.05) is 29.9 Å². The highest BCUT2D eigenvalue weighted by Crippen LogP contribution is 2.26. The standard InChI is InChI=1S/C19H26ClN3O2S/c20-16-3-1-14(2-4-16)11-21-18(24)19(25)22-12-15-5-8-23(9-6-15)17-7-10-26-13-17/h1-4,15,17H,5-13H2,(H,21,24)(H,22,25). The Hall–Kier alpha value is -1.24. The van der Waals surface area contributed by atoms with Crippen LogP contribution in [0, 0.1) is 5.92 Å². The van der Waals surface area contributed by atoms with Crippen molar-refractivity contribution in [2.75, 3.05) is 31.1 Å². The number of nitrogens with zero attached hydrogens (tertiary/aromatic N) is 1. The van der Waals surface area contributed by atoms with Crippen LogP contribution in [0.4, 0.5) is 0 Å². The maximum Gasteiger partial charge on any atom is 0.309 e. The predicted molar refractivity (Wildman–Crippen MR) is 106 cm³/mol. The lowest BCUT2D eigenvalue weighted by Crippen LogP contribution is -2.45. The maximum atomic E-state index is 12.0. The Morgan fingerprint density at radius 3 is 2.42 bits per heavy atom. The third kappa shape index (κ3) is 5.63. The van der Waals surface area contributed by atoms with Crippen LogP contribution < -0.4 is 10.6 Å². The first-order valence-corrected chi connectivity index (χ1v) is 10.8. The summed E-state index contributed by atoms with van der Waals surface area (Å²) >= 11 is 7.88. The lowest BCUT2D eigenvalue weighted by Gasteiger charge is -2.35. The first kappa shape index (κ1) is 19.5. The molecule has 1 aromatic carbocycles. The van der Waals surface area contributed by atoms with Gasteiger partial charge in [-0.05, 0) is 61.7 Å². The predicted octanol–water partition coefficient (Wildman–Crippen LogP) is 2.29. The fourth-order valence-electron chi connectivity index (χ4n) is 3.51. The van der Waals surface area contributed by atoms with Crippen LogP contribution in [0.5, 0.6) is 0 Å². The van der Waals surface area contributed by atoms with E-state index in [1.807, 2.05) is 23.9 Å². The summed E-state index contributed by atoms with van der Waals surface area (Å²) in [4.78, 5) is 26.5. The van der Waals surface area contributed by atoms with Gasteiger partial charge in [0.2, 0.25) is 0 Å². The molecule has 0 bridgehead atoms.